The fourth-order valence-electron chi connectivity index (χ4n) is 2.77. The van der Waals surface area contributed by atoms with Gasteiger partial charge in [0.2, 0.25) is 0 Å². The van der Waals surface area contributed by atoms with Crippen LogP contribution >= 0.6 is 0 Å². The van der Waals surface area contributed by atoms with Crippen LogP contribution in [0.1, 0.15) is 16.1 Å². The second-order valence-electron chi connectivity index (χ2n) is 5.68. The number of halogens is 1. The van der Waals surface area contributed by atoms with Gasteiger partial charge in [-0.15, -0.1) is 0 Å². The minimum Gasteiger partial charge on any atom is -0.379 e. The standard InChI is InChI=1S/C17H20FN3O2/c1-12-10-15(14-11-13(18)2-3-16(14)20-12)17(22)19-4-5-21-6-8-23-9-7-21/h2-3,10-11H,4-9H2,1H3,(H,19,22). The first-order chi connectivity index (χ1) is 11.1. The van der Waals surface area contributed by atoms with Gasteiger partial charge in [-0.3, -0.25) is 14.7 Å². The van der Waals surface area contributed by atoms with Crippen molar-refractivity contribution in [2.45, 2.75) is 6.92 Å². The molecule has 0 unspecified atom stereocenters. The fourth-order valence-corrected chi connectivity index (χ4v) is 2.77. The molecule has 6 heteroatoms. The quantitative estimate of drug-likeness (QED) is 0.933. The van der Waals surface area contributed by atoms with Crippen LogP contribution in [0.5, 0.6) is 0 Å². The molecule has 1 aromatic heterocycles. The largest absolute Gasteiger partial charge is 0.379 e. The fraction of sp³-hybridized carbons (Fsp3) is 0.412. The summed E-state index contributed by atoms with van der Waals surface area (Å²) in [6.45, 7) is 6.41. The van der Waals surface area contributed by atoms with Crippen LogP contribution in [0, 0.1) is 12.7 Å². The molecule has 0 aliphatic carbocycles. The second-order valence-corrected chi connectivity index (χ2v) is 5.68. The number of morpholine rings is 1. The molecule has 5 nitrogen and oxygen atoms in total. The number of hydrogen-bond donors (Lipinski definition) is 1. The molecule has 23 heavy (non-hydrogen) atoms. The van der Waals surface area contributed by atoms with Crippen molar-refractivity contribution in [1.29, 1.82) is 0 Å². The maximum atomic E-state index is 13.5. The van der Waals surface area contributed by atoms with E-state index in [9.17, 15) is 9.18 Å². The van der Waals surface area contributed by atoms with Crippen LogP contribution in [0.25, 0.3) is 10.9 Å². The van der Waals surface area contributed by atoms with E-state index < -0.39 is 0 Å². The van der Waals surface area contributed by atoms with Crippen molar-refractivity contribution in [2.24, 2.45) is 0 Å². The normalized spacial score (nSPS) is 15.7. The lowest BCUT2D eigenvalue weighted by atomic mass is 10.1. The monoisotopic (exact) mass is 317 g/mol. The molecule has 0 atom stereocenters. The highest BCUT2D eigenvalue weighted by molar-refractivity contribution is 6.06. The van der Waals surface area contributed by atoms with Gasteiger partial charge in [-0.25, -0.2) is 4.39 Å². The molecule has 1 aliphatic heterocycles. The highest BCUT2D eigenvalue weighted by Gasteiger charge is 2.14. The van der Waals surface area contributed by atoms with Crippen molar-refractivity contribution in [1.82, 2.24) is 15.2 Å². The summed E-state index contributed by atoms with van der Waals surface area (Å²) in [5, 5.41) is 3.45. The Labute approximate surface area is 134 Å². The number of nitrogens with zero attached hydrogens (tertiary/aromatic N) is 2. The Balaban J connectivity index is 1.71. The summed E-state index contributed by atoms with van der Waals surface area (Å²) in [6.07, 6.45) is 0. The third kappa shape index (κ3) is 3.83. The SMILES string of the molecule is Cc1cc(C(=O)NCCN2CCOCC2)c2cc(F)ccc2n1. The number of rotatable bonds is 4. The topological polar surface area (TPSA) is 54.5 Å². The summed E-state index contributed by atoms with van der Waals surface area (Å²) < 4.78 is 18.8. The van der Waals surface area contributed by atoms with E-state index in [1.165, 1.54) is 12.1 Å². The number of benzene rings is 1. The number of ether oxygens (including phenoxy) is 1. The average molecular weight is 317 g/mol. The Hall–Kier alpha value is -2.05. The van der Waals surface area contributed by atoms with Crippen LogP contribution in [-0.2, 0) is 4.74 Å². The van der Waals surface area contributed by atoms with Gasteiger partial charge in [0.15, 0.2) is 0 Å². The van der Waals surface area contributed by atoms with Gasteiger partial charge in [0.1, 0.15) is 5.82 Å². The van der Waals surface area contributed by atoms with E-state index in [-0.39, 0.29) is 11.7 Å². The number of carbonyl (C=O) groups excluding carboxylic acids is 1. The van der Waals surface area contributed by atoms with E-state index in [4.69, 9.17) is 4.74 Å². The van der Waals surface area contributed by atoms with Crippen molar-refractivity contribution in [3.8, 4) is 0 Å². The molecule has 0 spiro atoms. The Kier molecular flexibility index (Phi) is 4.83. The summed E-state index contributed by atoms with van der Waals surface area (Å²) in [7, 11) is 0. The molecule has 122 valence electrons. The summed E-state index contributed by atoms with van der Waals surface area (Å²) >= 11 is 0. The zero-order chi connectivity index (χ0) is 16.2. The Bertz CT molecular complexity index is 714. The molecule has 1 aromatic carbocycles. The molecule has 1 aliphatic rings. The summed E-state index contributed by atoms with van der Waals surface area (Å²) in [5.41, 5.74) is 1.83. The number of pyridine rings is 1. The van der Waals surface area contributed by atoms with Crippen molar-refractivity contribution in [3.05, 3.63) is 41.3 Å². The van der Waals surface area contributed by atoms with Crippen LogP contribution in [-0.4, -0.2) is 55.2 Å². The van der Waals surface area contributed by atoms with Crippen LogP contribution in [0.15, 0.2) is 24.3 Å². The van der Waals surface area contributed by atoms with Crippen molar-refractivity contribution < 1.29 is 13.9 Å². The summed E-state index contributed by atoms with van der Waals surface area (Å²) in [5.74, 6) is -0.565. The smallest absolute Gasteiger partial charge is 0.252 e. The van der Waals surface area contributed by atoms with E-state index >= 15 is 0 Å². The Morgan fingerprint density at radius 1 is 1.35 bits per heavy atom. The number of amides is 1. The third-order valence-corrected chi connectivity index (χ3v) is 3.96. The molecule has 2 heterocycles. The molecule has 3 rings (SSSR count). The highest BCUT2D eigenvalue weighted by atomic mass is 19.1. The van der Waals surface area contributed by atoms with Gasteiger partial charge in [0.05, 0.1) is 24.3 Å². The summed E-state index contributed by atoms with van der Waals surface area (Å²) in [4.78, 5) is 19.1. The molecule has 1 saturated heterocycles. The van der Waals surface area contributed by atoms with Crippen LogP contribution < -0.4 is 5.32 Å². The van der Waals surface area contributed by atoms with E-state index in [0.29, 0.717) is 23.0 Å². The van der Waals surface area contributed by atoms with Gasteiger partial charge < -0.3 is 10.1 Å². The number of aromatic nitrogens is 1. The van der Waals surface area contributed by atoms with Crippen molar-refractivity contribution >= 4 is 16.8 Å². The Morgan fingerprint density at radius 2 is 2.13 bits per heavy atom. The minimum atomic E-state index is -0.370. The minimum absolute atomic E-state index is 0.195. The van der Waals surface area contributed by atoms with Crippen LogP contribution in [0.2, 0.25) is 0 Å². The van der Waals surface area contributed by atoms with E-state index in [2.05, 4.69) is 15.2 Å². The number of carbonyl (C=O) groups is 1. The zero-order valence-electron chi connectivity index (χ0n) is 13.1. The predicted molar refractivity (Wildman–Crippen MR) is 86.0 cm³/mol. The molecular formula is C17H20FN3O2. The van der Waals surface area contributed by atoms with E-state index in [0.717, 1.165) is 38.5 Å². The van der Waals surface area contributed by atoms with E-state index in [1.54, 1.807) is 12.1 Å². The zero-order valence-corrected chi connectivity index (χ0v) is 13.1. The maximum Gasteiger partial charge on any atom is 0.252 e. The molecule has 1 fully saturated rings. The molecule has 0 radical (unpaired) electrons. The summed E-state index contributed by atoms with van der Waals surface area (Å²) in [6, 6.07) is 6.02. The average Bonchev–Trinajstić information content (AvgIpc) is 2.55. The van der Waals surface area contributed by atoms with Gasteiger partial charge in [-0.2, -0.15) is 0 Å². The lowest BCUT2D eigenvalue weighted by molar-refractivity contribution is 0.0383. The van der Waals surface area contributed by atoms with Gasteiger partial charge in [-0.05, 0) is 31.2 Å². The van der Waals surface area contributed by atoms with Crippen LogP contribution in [0.3, 0.4) is 0 Å². The number of nitrogens with one attached hydrogen (secondary N) is 1. The third-order valence-electron chi connectivity index (χ3n) is 3.96. The molecule has 2 aromatic rings. The maximum absolute atomic E-state index is 13.5. The highest BCUT2D eigenvalue weighted by Crippen LogP contribution is 2.19. The Morgan fingerprint density at radius 3 is 2.91 bits per heavy atom. The molecular weight excluding hydrogens is 297 g/mol. The first-order valence-electron chi connectivity index (χ1n) is 7.79. The lowest BCUT2D eigenvalue weighted by Gasteiger charge is -2.26. The van der Waals surface area contributed by atoms with Crippen LogP contribution in [0.4, 0.5) is 4.39 Å². The number of aryl methyl sites for hydroxylation is 1. The van der Waals surface area contributed by atoms with Gasteiger partial charge in [-0.1, -0.05) is 0 Å². The molecule has 1 N–H and O–H groups in total. The molecule has 1 amide bonds. The molecule has 0 saturated carbocycles. The van der Waals surface area contributed by atoms with Crippen molar-refractivity contribution in [3.63, 3.8) is 0 Å². The van der Waals surface area contributed by atoms with Gasteiger partial charge >= 0.3 is 0 Å². The van der Waals surface area contributed by atoms with Crippen molar-refractivity contribution in [2.75, 3.05) is 39.4 Å². The lowest BCUT2D eigenvalue weighted by Crippen LogP contribution is -2.41. The van der Waals surface area contributed by atoms with Gasteiger partial charge in [0, 0.05) is 37.3 Å². The molecule has 0 bridgehead atoms. The van der Waals surface area contributed by atoms with Gasteiger partial charge in [0.25, 0.3) is 5.91 Å². The number of fused-ring (bicyclic) bond motifs is 1. The predicted octanol–water partition coefficient (Wildman–Crippen LogP) is 1.74. The first kappa shape index (κ1) is 15.8. The number of hydrogen-bond acceptors (Lipinski definition) is 4. The first-order valence-corrected chi connectivity index (χ1v) is 7.79. The van der Waals surface area contributed by atoms with E-state index in [1.807, 2.05) is 6.92 Å². The second kappa shape index (κ2) is 7.02.